The molecule has 1 rings (SSSR count). The molecule has 0 radical (unpaired) electrons. The van der Waals surface area contributed by atoms with E-state index in [0.29, 0.717) is 12.2 Å². The first-order valence-electron chi connectivity index (χ1n) is 7.12. The van der Waals surface area contributed by atoms with E-state index in [9.17, 15) is 9.59 Å². The summed E-state index contributed by atoms with van der Waals surface area (Å²) >= 11 is 0. The first kappa shape index (κ1) is 17.2. The maximum atomic E-state index is 12.3. The second-order valence-corrected chi connectivity index (χ2v) is 5.16. The van der Waals surface area contributed by atoms with Crippen molar-refractivity contribution < 1.29 is 19.4 Å². The Morgan fingerprint density at radius 1 is 1.29 bits per heavy atom. The van der Waals surface area contributed by atoms with Gasteiger partial charge in [0.25, 0.3) is 5.91 Å². The van der Waals surface area contributed by atoms with Gasteiger partial charge >= 0.3 is 5.97 Å². The molecule has 0 heterocycles. The van der Waals surface area contributed by atoms with E-state index in [1.54, 1.807) is 26.2 Å². The van der Waals surface area contributed by atoms with Crippen molar-refractivity contribution in [3.8, 4) is 0 Å². The lowest BCUT2D eigenvalue weighted by Crippen LogP contribution is -2.38. The molecule has 0 fully saturated rings. The number of ether oxygens (including phenoxy) is 1. The molecule has 1 aromatic carbocycles. The number of carbonyl (C=O) groups excluding carboxylic acids is 1. The Labute approximate surface area is 125 Å². The van der Waals surface area contributed by atoms with Crippen molar-refractivity contribution in [2.75, 3.05) is 13.7 Å². The second kappa shape index (κ2) is 8.42. The second-order valence-electron chi connectivity index (χ2n) is 5.16. The molecule has 5 nitrogen and oxygen atoms in total. The molecule has 0 spiro atoms. The summed E-state index contributed by atoms with van der Waals surface area (Å²) in [5, 5.41) is 12.0. The van der Waals surface area contributed by atoms with Crippen LogP contribution in [0.2, 0.25) is 0 Å². The van der Waals surface area contributed by atoms with Gasteiger partial charge in [-0.2, -0.15) is 0 Å². The van der Waals surface area contributed by atoms with Crippen LogP contribution in [0.3, 0.4) is 0 Å². The molecule has 2 N–H and O–H groups in total. The number of methoxy groups -OCH3 is 1. The van der Waals surface area contributed by atoms with Gasteiger partial charge in [-0.1, -0.05) is 19.8 Å². The largest absolute Gasteiger partial charge is 0.478 e. The van der Waals surface area contributed by atoms with E-state index in [0.717, 1.165) is 24.8 Å². The quantitative estimate of drug-likeness (QED) is 0.772. The number of aryl methyl sites for hydroxylation is 1. The van der Waals surface area contributed by atoms with E-state index in [4.69, 9.17) is 9.84 Å². The zero-order chi connectivity index (χ0) is 15.8. The Balaban J connectivity index is 2.83. The third kappa shape index (κ3) is 5.55. The van der Waals surface area contributed by atoms with Crippen LogP contribution < -0.4 is 5.32 Å². The van der Waals surface area contributed by atoms with Crippen molar-refractivity contribution in [3.05, 3.63) is 34.9 Å². The normalized spacial score (nSPS) is 12.0. The maximum absolute atomic E-state index is 12.3. The fourth-order valence-corrected chi connectivity index (χ4v) is 2.16. The van der Waals surface area contributed by atoms with E-state index in [1.807, 2.05) is 0 Å². The fourth-order valence-electron chi connectivity index (χ4n) is 2.16. The summed E-state index contributed by atoms with van der Waals surface area (Å²) in [5.41, 5.74) is 1.24. The van der Waals surface area contributed by atoms with Crippen LogP contribution >= 0.6 is 0 Å². The average molecular weight is 293 g/mol. The molecule has 1 amide bonds. The number of benzene rings is 1. The first-order chi connectivity index (χ1) is 9.97. The predicted molar refractivity (Wildman–Crippen MR) is 80.8 cm³/mol. The van der Waals surface area contributed by atoms with Gasteiger partial charge < -0.3 is 15.2 Å². The summed E-state index contributed by atoms with van der Waals surface area (Å²) in [7, 11) is 1.60. The van der Waals surface area contributed by atoms with E-state index >= 15 is 0 Å². The Kier molecular flexibility index (Phi) is 6.88. The van der Waals surface area contributed by atoms with Crippen LogP contribution in [0.1, 0.15) is 52.5 Å². The fraction of sp³-hybridized carbons (Fsp3) is 0.500. The monoisotopic (exact) mass is 293 g/mol. The summed E-state index contributed by atoms with van der Waals surface area (Å²) in [4.78, 5) is 23.3. The molecular weight excluding hydrogens is 270 g/mol. The number of rotatable bonds is 8. The van der Waals surface area contributed by atoms with E-state index < -0.39 is 5.97 Å². The summed E-state index contributed by atoms with van der Waals surface area (Å²) < 4.78 is 5.11. The van der Waals surface area contributed by atoms with Gasteiger partial charge in [0.1, 0.15) is 0 Å². The first-order valence-corrected chi connectivity index (χ1v) is 7.12. The van der Waals surface area contributed by atoms with Crippen molar-refractivity contribution in [2.24, 2.45) is 0 Å². The van der Waals surface area contributed by atoms with Gasteiger partial charge in [-0.05, 0) is 37.1 Å². The van der Waals surface area contributed by atoms with Gasteiger partial charge in [0, 0.05) is 12.7 Å². The molecule has 5 heteroatoms. The zero-order valence-corrected chi connectivity index (χ0v) is 12.8. The number of aromatic carboxylic acids is 1. The van der Waals surface area contributed by atoms with Gasteiger partial charge in [-0.15, -0.1) is 0 Å². The number of carboxylic acids is 1. The van der Waals surface area contributed by atoms with Crippen LogP contribution in [-0.2, 0) is 4.74 Å². The molecule has 0 aliphatic heterocycles. The van der Waals surface area contributed by atoms with E-state index in [1.165, 1.54) is 6.07 Å². The minimum Gasteiger partial charge on any atom is -0.478 e. The smallest absolute Gasteiger partial charge is 0.335 e. The summed E-state index contributed by atoms with van der Waals surface area (Å²) in [5.74, 6) is -1.30. The van der Waals surface area contributed by atoms with Crippen molar-refractivity contribution in [2.45, 2.75) is 39.2 Å². The highest BCUT2D eigenvalue weighted by Gasteiger charge is 2.15. The standard InChI is InChI=1S/C16H23NO4/c1-4-5-6-14(10-21-3)17-15(18)12-7-11(2)8-13(9-12)16(19)20/h7-9,14H,4-6,10H2,1-3H3,(H,17,18)(H,19,20). The molecule has 0 aliphatic carbocycles. The number of unbranched alkanes of at least 4 members (excludes halogenated alkanes) is 1. The average Bonchev–Trinajstić information content (AvgIpc) is 2.44. The van der Waals surface area contributed by atoms with Gasteiger partial charge in [-0.3, -0.25) is 4.79 Å². The lowest BCUT2D eigenvalue weighted by Gasteiger charge is -2.18. The SMILES string of the molecule is CCCCC(COC)NC(=O)c1cc(C)cc(C(=O)O)c1. The summed E-state index contributed by atoms with van der Waals surface area (Å²) in [6.45, 7) is 4.31. The number of carboxylic acid groups (broad SMARTS) is 1. The van der Waals surface area contributed by atoms with Crippen molar-refractivity contribution in [1.82, 2.24) is 5.32 Å². The third-order valence-electron chi connectivity index (χ3n) is 3.20. The molecule has 1 aromatic rings. The molecule has 0 bridgehead atoms. The minimum absolute atomic E-state index is 0.0590. The van der Waals surface area contributed by atoms with Crippen molar-refractivity contribution >= 4 is 11.9 Å². The van der Waals surface area contributed by atoms with Crippen molar-refractivity contribution in [1.29, 1.82) is 0 Å². The summed E-state index contributed by atoms with van der Waals surface area (Å²) in [6.07, 6.45) is 2.89. The van der Waals surface area contributed by atoms with Crippen LogP contribution in [0.5, 0.6) is 0 Å². The highest BCUT2D eigenvalue weighted by molar-refractivity contribution is 5.97. The Morgan fingerprint density at radius 3 is 2.52 bits per heavy atom. The molecule has 21 heavy (non-hydrogen) atoms. The highest BCUT2D eigenvalue weighted by Crippen LogP contribution is 2.11. The molecule has 1 unspecified atom stereocenters. The summed E-state index contributed by atoms with van der Waals surface area (Å²) in [6, 6.07) is 4.57. The van der Waals surface area contributed by atoms with Crippen LogP contribution in [0.4, 0.5) is 0 Å². The van der Waals surface area contributed by atoms with E-state index in [-0.39, 0.29) is 17.5 Å². The lowest BCUT2D eigenvalue weighted by molar-refractivity contribution is 0.0696. The Morgan fingerprint density at radius 2 is 1.95 bits per heavy atom. The Bertz CT molecular complexity index is 499. The lowest BCUT2D eigenvalue weighted by atomic mass is 10.0. The van der Waals surface area contributed by atoms with Gasteiger partial charge in [0.15, 0.2) is 0 Å². The molecule has 1 atom stereocenters. The highest BCUT2D eigenvalue weighted by atomic mass is 16.5. The van der Waals surface area contributed by atoms with Gasteiger partial charge in [-0.25, -0.2) is 4.79 Å². The van der Waals surface area contributed by atoms with Crippen molar-refractivity contribution in [3.63, 3.8) is 0 Å². The van der Waals surface area contributed by atoms with Gasteiger partial charge in [0.2, 0.25) is 0 Å². The van der Waals surface area contributed by atoms with Crippen LogP contribution in [-0.4, -0.2) is 36.7 Å². The third-order valence-corrected chi connectivity index (χ3v) is 3.20. The maximum Gasteiger partial charge on any atom is 0.335 e. The minimum atomic E-state index is -1.04. The zero-order valence-electron chi connectivity index (χ0n) is 12.8. The number of nitrogens with one attached hydrogen (secondary N) is 1. The molecule has 116 valence electrons. The molecule has 0 saturated carbocycles. The number of carbonyl (C=O) groups is 2. The number of hydrogen-bond acceptors (Lipinski definition) is 3. The number of hydrogen-bond donors (Lipinski definition) is 2. The molecule has 0 saturated heterocycles. The van der Waals surface area contributed by atoms with Crippen LogP contribution in [0.25, 0.3) is 0 Å². The molecular formula is C16H23NO4. The predicted octanol–water partition coefficient (Wildman–Crippen LogP) is 2.63. The van der Waals surface area contributed by atoms with Crippen LogP contribution in [0, 0.1) is 6.92 Å². The number of amides is 1. The van der Waals surface area contributed by atoms with E-state index in [2.05, 4.69) is 12.2 Å². The Hall–Kier alpha value is -1.88. The van der Waals surface area contributed by atoms with Gasteiger partial charge in [0.05, 0.1) is 18.2 Å². The van der Waals surface area contributed by atoms with Crippen LogP contribution in [0.15, 0.2) is 18.2 Å². The molecule has 0 aromatic heterocycles. The molecule has 0 aliphatic rings. The topological polar surface area (TPSA) is 75.6 Å².